The fraction of sp³-hybridized carbons (Fsp3) is 0.588. The van der Waals surface area contributed by atoms with Gasteiger partial charge in [0.15, 0.2) is 0 Å². The molecule has 116 valence electrons. The molecule has 4 nitrogen and oxygen atoms in total. The van der Waals surface area contributed by atoms with E-state index in [0.717, 1.165) is 11.6 Å². The summed E-state index contributed by atoms with van der Waals surface area (Å²) in [5.41, 5.74) is 8.30. The predicted molar refractivity (Wildman–Crippen MR) is 88.7 cm³/mol. The van der Waals surface area contributed by atoms with Gasteiger partial charge in [-0.2, -0.15) is 0 Å². The molecule has 0 bridgehead atoms. The molecule has 1 fully saturated rings. The van der Waals surface area contributed by atoms with Crippen molar-refractivity contribution in [1.82, 2.24) is 5.32 Å². The Balaban J connectivity index is 2.24. The monoisotopic (exact) mass is 289 g/mol. The van der Waals surface area contributed by atoms with Crippen LogP contribution in [0.2, 0.25) is 0 Å². The van der Waals surface area contributed by atoms with Gasteiger partial charge in [-0.25, -0.2) is 0 Å². The van der Waals surface area contributed by atoms with Gasteiger partial charge in [0.2, 0.25) is 0 Å². The van der Waals surface area contributed by atoms with Crippen LogP contribution >= 0.6 is 0 Å². The number of carbonyl (C=O) groups excluding carboxylic acids is 1. The minimum atomic E-state index is -0.0245. The van der Waals surface area contributed by atoms with Crippen LogP contribution in [0.5, 0.6) is 0 Å². The summed E-state index contributed by atoms with van der Waals surface area (Å²) in [6.07, 6.45) is 4.88. The number of nitrogen functional groups attached to an aromatic ring is 1. The number of nitrogens with zero attached hydrogens (tertiary/aromatic N) is 1. The molecule has 4 heteroatoms. The van der Waals surface area contributed by atoms with Gasteiger partial charge in [0.1, 0.15) is 0 Å². The molecule has 1 amide bonds. The molecule has 0 saturated heterocycles. The lowest BCUT2D eigenvalue weighted by molar-refractivity contribution is 0.0956. The number of benzene rings is 1. The van der Waals surface area contributed by atoms with E-state index in [9.17, 15) is 4.79 Å². The Morgan fingerprint density at radius 3 is 2.62 bits per heavy atom. The van der Waals surface area contributed by atoms with Crippen LogP contribution in [-0.2, 0) is 0 Å². The molecule has 21 heavy (non-hydrogen) atoms. The van der Waals surface area contributed by atoms with Gasteiger partial charge in [0.25, 0.3) is 5.91 Å². The van der Waals surface area contributed by atoms with Gasteiger partial charge < -0.3 is 16.0 Å². The van der Waals surface area contributed by atoms with Crippen molar-refractivity contribution in [2.45, 2.75) is 45.6 Å². The highest BCUT2D eigenvalue weighted by Gasteiger charge is 2.24. The van der Waals surface area contributed by atoms with Crippen molar-refractivity contribution in [3.8, 4) is 0 Å². The van der Waals surface area contributed by atoms with Crippen molar-refractivity contribution in [2.75, 3.05) is 24.2 Å². The molecule has 1 saturated carbocycles. The summed E-state index contributed by atoms with van der Waals surface area (Å²) in [7, 11) is 2.08. The molecule has 2 rings (SSSR count). The number of hydrogen-bond donors (Lipinski definition) is 2. The summed E-state index contributed by atoms with van der Waals surface area (Å²) in [4.78, 5) is 14.5. The van der Waals surface area contributed by atoms with E-state index in [1.54, 1.807) is 6.07 Å². The largest absolute Gasteiger partial charge is 0.399 e. The maximum atomic E-state index is 12.2. The first-order valence-electron chi connectivity index (χ1n) is 7.93. The summed E-state index contributed by atoms with van der Waals surface area (Å²) in [6, 6.07) is 6.04. The number of rotatable bonds is 4. The third kappa shape index (κ3) is 3.69. The van der Waals surface area contributed by atoms with Crippen LogP contribution in [0.1, 0.15) is 49.9 Å². The highest BCUT2D eigenvalue weighted by molar-refractivity contribution is 6.00. The number of anilines is 2. The summed E-state index contributed by atoms with van der Waals surface area (Å²) in [5, 5.41) is 2.88. The van der Waals surface area contributed by atoms with Gasteiger partial charge in [-0.1, -0.05) is 6.92 Å². The highest BCUT2D eigenvalue weighted by atomic mass is 16.1. The average Bonchev–Trinajstić information content (AvgIpc) is 2.47. The number of amides is 1. The number of nitrogens with two attached hydrogens (primary N) is 1. The van der Waals surface area contributed by atoms with E-state index in [1.165, 1.54) is 25.7 Å². The van der Waals surface area contributed by atoms with Crippen LogP contribution < -0.4 is 16.0 Å². The summed E-state index contributed by atoms with van der Waals surface area (Å²) >= 11 is 0. The molecule has 0 unspecified atom stereocenters. The molecule has 0 spiro atoms. The minimum Gasteiger partial charge on any atom is -0.399 e. The Kier molecular flexibility index (Phi) is 5.10. The van der Waals surface area contributed by atoms with Crippen molar-refractivity contribution in [3.63, 3.8) is 0 Å². The van der Waals surface area contributed by atoms with E-state index in [0.29, 0.717) is 23.8 Å². The molecular weight excluding hydrogens is 262 g/mol. The van der Waals surface area contributed by atoms with E-state index in [1.807, 2.05) is 19.1 Å². The average molecular weight is 289 g/mol. The van der Waals surface area contributed by atoms with Crippen molar-refractivity contribution >= 4 is 17.3 Å². The van der Waals surface area contributed by atoms with Crippen LogP contribution in [0.15, 0.2) is 18.2 Å². The molecule has 1 aliphatic rings. The third-order valence-electron chi connectivity index (χ3n) is 4.52. The molecule has 0 aromatic heterocycles. The maximum Gasteiger partial charge on any atom is 0.253 e. The molecule has 1 aromatic rings. The topological polar surface area (TPSA) is 58.4 Å². The predicted octanol–water partition coefficient (Wildman–Crippen LogP) is 3.03. The van der Waals surface area contributed by atoms with Gasteiger partial charge in [-0.05, 0) is 56.7 Å². The normalized spacial score (nSPS) is 21.9. The Morgan fingerprint density at radius 1 is 1.33 bits per heavy atom. The molecule has 0 aliphatic heterocycles. The van der Waals surface area contributed by atoms with Crippen LogP contribution in [0, 0.1) is 5.92 Å². The standard InChI is InChI=1S/C17H27N3O/c1-4-19-17(21)15-10-7-13(18)11-16(15)20(3)14-8-5-12(2)6-9-14/h7,10-12,14H,4-6,8-9,18H2,1-3H3,(H,19,21). The molecular formula is C17H27N3O. The van der Waals surface area contributed by atoms with Gasteiger partial charge in [0, 0.05) is 25.3 Å². The van der Waals surface area contributed by atoms with E-state index >= 15 is 0 Å². The van der Waals surface area contributed by atoms with E-state index in [2.05, 4.69) is 24.2 Å². The second kappa shape index (κ2) is 6.83. The van der Waals surface area contributed by atoms with Gasteiger partial charge >= 0.3 is 0 Å². The highest BCUT2D eigenvalue weighted by Crippen LogP contribution is 2.32. The molecule has 1 aliphatic carbocycles. The van der Waals surface area contributed by atoms with Crippen molar-refractivity contribution in [3.05, 3.63) is 23.8 Å². The molecule has 0 atom stereocenters. The molecule has 1 aromatic carbocycles. The Morgan fingerprint density at radius 2 is 2.00 bits per heavy atom. The second-order valence-electron chi connectivity index (χ2n) is 6.16. The zero-order valence-corrected chi connectivity index (χ0v) is 13.4. The Bertz CT molecular complexity index is 493. The number of nitrogens with one attached hydrogen (secondary N) is 1. The first kappa shape index (κ1) is 15.7. The lowest BCUT2D eigenvalue weighted by Crippen LogP contribution is -2.36. The Hall–Kier alpha value is -1.71. The molecule has 0 radical (unpaired) electrons. The first-order valence-corrected chi connectivity index (χ1v) is 7.93. The lowest BCUT2D eigenvalue weighted by atomic mass is 9.86. The summed E-state index contributed by atoms with van der Waals surface area (Å²) < 4.78 is 0. The van der Waals surface area contributed by atoms with Gasteiger partial charge in [0.05, 0.1) is 11.3 Å². The fourth-order valence-corrected chi connectivity index (χ4v) is 3.11. The lowest BCUT2D eigenvalue weighted by Gasteiger charge is -2.36. The maximum absolute atomic E-state index is 12.2. The van der Waals surface area contributed by atoms with Gasteiger partial charge in [-0.3, -0.25) is 4.79 Å². The van der Waals surface area contributed by atoms with Crippen LogP contribution in [0.4, 0.5) is 11.4 Å². The molecule has 3 N–H and O–H groups in total. The first-order chi connectivity index (χ1) is 10.0. The van der Waals surface area contributed by atoms with E-state index in [-0.39, 0.29) is 5.91 Å². The summed E-state index contributed by atoms with van der Waals surface area (Å²) in [6.45, 7) is 4.88. The van der Waals surface area contributed by atoms with E-state index in [4.69, 9.17) is 5.73 Å². The van der Waals surface area contributed by atoms with Crippen LogP contribution in [0.3, 0.4) is 0 Å². The van der Waals surface area contributed by atoms with Gasteiger partial charge in [-0.15, -0.1) is 0 Å². The Labute approximate surface area is 127 Å². The SMILES string of the molecule is CCNC(=O)c1ccc(N)cc1N(C)C1CCC(C)CC1. The van der Waals surface area contributed by atoms with Crippen molar-refractivity contribution in [2.24, 2.45) is 5.92 Å². The van der Waals surface area contributed by atoms with E-state index < -0.39 is 0 Å². The van der Waals surface area contributed by atoms with Crippen molar-refractivity contribution in [1.29, 1.82) is 0 Å². The zero-order valence-electron chi connectivity index (χ0n) is 13.4. The number of carbonyl (C=O) groups is 1. The number of hydrogen-bond acceptors (Lipinski definition) is 3. The summed E-state index contributed by atoms with van der Waals surface area (Å²) in [5.74, 6) is 0.793. The van der Waals surface area contributed by atoms with Crippen molar-refractivity contribution < 1.29 is 4.79 Å². The zero-order chi connectivity index (χ0) is 15.4. The fourth-order valence-electron chi connectivity index (χ4n) is 3.11. The third-order valence-corrected chi connectivity index (χ3v) is 4.52. The minimum absolute atomic E-state index is 0.0245. The smallest absolute Gasteiger partial charge is 0.253 e. The molecule has 0 heterocycles. The quantitative estimate of drug-likeness (QED) is 0.838. The van der Waals surface area contributed by atoms with Crippen LogP contribution in [-0.4, -0.2) is 25.5 Å². The van der Waals surface area contributed by atoms with Crippen LogP contribution in [0.25, 0.3) is 0 Å². The second-order valence-corrected chi connectivity index (χ2v) is 6.16.